The molecule has 5 nitrogen and oxygen atoms in total. The van der Waals surface area contributed by atoms with Crippen LogP contribution in [-0.2, 0) is 6.67 Å². The van der Waals surface area contributed by atoms with Crippen molar-refractivity contribution in [2.45, 2.75) is 12.7 Å². The lowest BCUT2D eigenvalue weighted by Crippen LogP contribution is -2.49. The molecule has 2 heterocycles. The second kappa shape index (κ2) is 8.84. The quantitative estimate of drug-likeness (QED) is 0.502. The molecule has 0 radical (unpaired) electrons. The highest BCUT2D eigenvalue weighted by atomic mass is 16.1. The summed E-state index contributed by atoms with van der Waals surface area (Å²) in [5.74, 6) is 0. The molecule has 4 aromatic rings. The fourth-order valence-electron chi connectivity index (χ4n) is 4.47. The predicted octanol–water partition coefficient (Wildman–Crippen LogP) is 3.76. The Morgan fingerprint density at radius 3 is 1.97 bits per heavy atom. The average Bonchev–Trinajstić information content (AvgIpc) is 2.84. The van der Waals surface area contributed by atoms with Crippen molar-refractivity contribution in [1.29, 1.82) is 0 Å². The average molecular weight is 411 g/mol. The van der Waals surface area contributed by atoms with Crippen molar-refractivity contribution in [1.82, 2.24) is 19.4 Å². The summed E-state index contributed by atoms with van der Waals surface area (Å²) < 4.78 is 1.73. The highest BCUT2D eigenvalue weighted by Crippen LogP contribution is 2.29. The van der Waals surface area contributed by atoms with E-state index in [4.69, 9.17) is 0 Å². The first-order chi connectivity index (χ1) is 15.3. The third kappa shape index (κ3) is 4.15. The summed E-state index contributed by atoms with van der Waals surface area (Å²) in [7, 11) is 0. The standard InChI is InChI=1S/C26H26N4O/c31-26-23-13-7-8-14-24(23)27-19-30(26)20-28-15-17-29(18-16-28)25(21-9-3-1-4-10-21)22-11-5-2-6-12-22/h1-14,19,25H,15-18,20H2. The van der Waals surface area contributed by atoms with Crippen LogP contribution in [0.5, 0.6) is 0 Å². The maximum atomic E-state index is 12.8. The lowest BCUT2D eigenvalue weighted by Gasteiger charge is -2.39. The molecule has 1 fully saturated rings. The molecule has 5 rings (SSSR count). The zero-order valence-corrected chi connectivity index (χ0v) is 17.5. The Labute approximate surface area is 182 Å². The fraction of sp³-hybridized carbons (Fsp3) is 0.231. The molecule has 1 aromatic heterocycles. The van der Waals surface area contributed by atoms with Crippen LogP contribution in [0.1, 0.15) is 17.2 Å². The van der Waals surface area contributed by atoms with Gasteiger partial charge in [0.1, 0.15) is 0 Å². The summed E-state index contributed by atoms with van der Waals surface area (Å²) in [5, 5.41) is 0.678. The lowest BCUT2D eigenvalue weighted by molar-refractivity contribution is 0.0874. The van der Waals surface area contributed by atoms with Gasteiger partial charge in [-0.3, -0.25) is 19.2 Å². The van der Waals surface area contributed by atoms with Crippen LogP contribution in [0.25, 0.3) is 10.9 Å². The Kier molecular flexibility index (Phi) is 5.61. The van der Waals surface area contributed by atoms with E-state index in [1.807, 2.05) is 24.3 Å². The van der Waals surface area contributed by atoms with Gasteiger partial charge in [-0.05, 0) is 23.3 Å². The number of fused-ring (bicyclic) bond motifs is 1. The van der Waals surface area contributed by atoms with Crippen molar-refractivity contribution >= 4 is 10.9 Å². The van der Waals surface area contributed by atoms with Crippen LogP contribution in [0.2, 0.25) is 0 Å². The Balaban J connectivity index is 1.32. The monoisotopic (exact) mass is 410 g/mol. The number of hydrogen-bond donors (Lipinski definition) is 0. The van der Waals surface area contributed by atoms with E-state index in [1.165, 1.54) is 11.1 Å². The molecule has 0 atom stereocenters. The van der Waals surface area contributed by atoms with Gasteiger partial charge in [-0.25, -0.2) is 4.98 Å². The van der Waals surface area contributed by atoms with Crippen molar-refractivity contribution in [2.75, 3.05) is 26.2 Å². The summed E-state index contributed by atoms with van der Waals surface area (Å²) in [6.45, 7) is 4.30. The molecule has 1 saturated heterocycles. The summed E-state index contributed by atoms with van der Waals surface area (Å²) in [6, 6.07) is 29.2. The number of benzene rings is 3. The van der Waals surface area contributed by atoms with Gasteiger partial charge in [0, 0.05) is 26.2 Å². The van der Waals surface area contributed by atoms with Gasteiger partial charge in [-0.1, -0.05) is 72.8 Å². The molecule has 0 unspecified atom stereocenters. The van der Waals surface area contributed by atoms with Crippen molar-refractivity contribution in [3.63, 3.8) is 0 Å². The zero-order valence-electron chi connectivity index (χ0n) is 17.5. The minimum Gasteiger partial charge on any atom is -0.290 e. The smallest absolute Gasteiger partial charge is 0.262 e. The third-order valence-corrected chi connectivity index (χ3v) is 6.09. The lowest BCUT2D eigenvalue weighted by atomic mass is 9.96. The minimum absolute atomic E-state index is 0.0273. The number of nitrogens with zero attached hydrogens (tertiary/aromatic N) is 4. The van der Waals surface area contributed by atoms with E-state index >= 15 is 0 Å². The molecule has 5 heteroatoms. The Morgan fingerprint density at radius 2 is 1.32 bits per heavy atom. The molecular weight excluding hydrogens is 384 g/mol. The molecule has 3 aromatic carbocycles. The van der Waals surface area contributed by atoms with Crippen LogP contribution in [0.4, 0.5) is 0 Å². The molecule has 1 aliphatic heterocycles. The van der Waals surface area contributed by atoms with Gasteiger partial charge in [0.05, 0.1) is 29.9 Å². The number of aromatic nitrogens is 2. The molecule has 31 heavy (non-hydrogen) atoms. The minimum atomic E-state index is 0.0273. The van der Waals surface area contributed by atoms with E-state index in [9.17, 15) is 4.79 Å². The van der Waals surface area contributed by atoms with Gasteiger partial charge in [-0.15, -0.1) is 0 Å². The van der Waals surface area contributed by atoms with Gasteiger partial charge in [-0.2, -0.15) is 0 Å². The molecule has 0 N–H and O–H groups in total. The van der Waals surface area contributed by atoms with E-state index < -0.39 is 0 Å². The molecular formula is C26H26N4O. The molecule has 0 spiro atoms. The van der Waals surface area contributed by atoms with Crippen LogP contribution in [0, 0.1) is 0 Å². The molecule has 156 valence electrons. The highest BCUT2D eigenvalue weighted by Gasteiger charge is 2.26. The first-order valence-electron chi connectivity index (χ1n) is 10.8. The zero-order chi connectivity index (χ0) is 21.0. The SMILES string of the molecule is O=c1c2ccccc2ncn1CN1CCN(C(c2ccccc2)c2ccccc2)CC1. The topological polar surface area (TPSA) is 41.4 Å². The summed E-state index contributed by atoms with van der Waals surface area (Å²) in [4.78, 5) is 22.2. The maximum absolute atomic E-state index is 12.8. The van der Waals surface area contributed by atoms with Gasteiger partial charge in [0.2, 0.25) is 0 Å². The normalized spacial score (nSPS) is 15.5. The largest absolute Gasteiger partial charge is 0.290 e. The second-order valence-electron chi connectivity index (χ2n) is 8.06. The van der Waals surface area contributed by atoms with Crippen LogP contribution < -0.4 is 5.56 Å². The Bertz CT molecular complexity index is 1160. The highest BCUT2D eigenvalue weighted by molar-refractivity contribution is 5.76. The van der Waals surface area contributed by atoms with Crippen molar-refractivity contribution in [3.8, 4) is 0 Å². The first-order valence-corrected chi connectivity index (χ1v) is 10.8. The number of rotatable bonds is 5. The van der Waals surface area contributed by atoms with E-state index in [-0.39, 0.29) is 11.6 Å². The van der Waals surface area contributed by atoms with Crippen LogP contribution in [0.15, 0.2) is 96.1 Å². The Hall–Kier alpha value is -3.28. The molecule has 0 aliphatic carbocycles. The molecule has 1 aliphatic rings. The summed E-state index contributed by atoms with van der Waals surface area (Å²) >= 11 is 0. The number of hydrogen-bond acceptors (Lipinski definition) is 4. The number of para-hydroxylation sites is 1. The van der Waals surface area contributed by atoms with E-state index in [0.717, 1.165) is 31.7 Å². The second-order valence-corrected chi connectivity index (χ2v) is 8.06. The van der Waals surface area contributed by atoms with Crippen molar-refractivity contribution < 1.29 is 0 Å². The summed E-state index contributed by atoms with van der Waals surface area (Å²) in [5.41, 5.74) is 3.41. The van der Waals surface area contributed by atoms with Gasteiger partial charge < -0.3 is 0 Å². The van der Waals surface area contributed by atoms with Crippen LogP contribution in [0.3, 0.4) is 0 Å². The molecule has 0 saturated carbocycles. The van der Waals surface area contributed by atoms with Crippen molar-refractivity contribution in [2.24, 2.45) is 0 Å². The summed E-state index contributed by atoms with van der Waals surface area (Å²) in [6.07, 6.45) is 1.67. The van der Waals surface area contributed by atoms with Crippen molar-refractivity contribution in [3.05, 3.63) is 113 Å². The van der Waals surface area contributed by atoms with Crippen LogP contribution >= 0.6 is 0 Å². The third-order valence-electron chi connectivity index (χ3n) is 6.09. The van der Waals surface area contributed by atoms with Gasteiger partial charge in [0.15, 0.2) is 0 Å². The molecule has 0 bridgehead atoms. The van der Waals surface area contributed by atoms with Crippen LogP contribution in [-0.4, -0.2) is 45.5 Å². The van der Waals surface area contributed by atoms with E-state index in [2.05, 4.69) is 75.4 Å². The number of piperazine rings is 1. The van der Waals surface area contributed by atoms with E-state index in [1.54, 1.807) is 10.9 Å². The molecule has 0 amide bonds. The Morgan fingerprint density at radius 1 is 0.742 bits per heavy atom. The van der Waals surface area contributed by atoms with Gasteiger partial charge in [0.25, 0.3) is 5.56 Å². The predicted molar refractivity (Wildman–Crippen MR) is 124 cm³/mol. The fourth-order valence-corrected chi connectivity index (χ4v) is 4.47. The maximum Gasteiger partial charge on any atom is 0.262 e. The first kappa shape index (κ1) is 19.7. The van der Waals surface area contributed by atoms with Gasteiger partial charge >= 0.3 is 0 Å². The van der Waals surface area contributed by atoms with E-state index in [0.29, 0.717) is 12.1 Å².